The van der Waals surface area contributed by atoms with Gasteiger partial charge in [-0.3, -0.25) is 4.98 Å². The van der Waals surface area contributed by atoms with E-state index in [9.17, 15) is 9.18 Å². The zero-order valence-corrected chi connectivity index (χ0v) is 16.1. The highest BCUT2D eigenvalue weighted by Crippen LogP contribution is 2.45. The zero-order chi connectivity index (χ0) is 19.8. The summed E-state index contributed by atoms with van der Waals surface area (Å²) in [6, 6.07) is 14.9. The minimum atomic E-state index is -0.265. The van der Waals surface area contributed by atoms with Crippen LogP contribution in [0.2, 0.25) is 0 Å². The van der Waals surface area contributed by atoms with E-state index in [0.717, 1.165) is 59.8 Å². The summed E-state index contributed by atoms with van der Waals surface area (Å²) in [5, 5.41) is 1.08. The lowest BCUT2D eigenvalue weighted by Crippen LogP contribution is -2.21. The molecule has 0 unspecified atom stereocenters. The van der Waals surface area contributed by atoms with E-state index in [0.29, 0.717) is 5.92 Å². The molecule has 0 bridgehead atoms. The van der Waals surface area contributed by atoms with Gasteiger partial charge in [-0.05, 0) is 60.6 Å². The number of benzene rings is 2. The van der Waals surface area contributed by atoms with Crippen LogP contribution in [-0.4, -0.2) is 17.1 Å². The van der Waals surface area contributed by atoms with Crippen molar-refractivity contribution in [1.82, 2.24) is 4.98 Å². The molecule has 0 amide bonds. The van der Waals surface area contributed by atoms with Crippen LogP contribution >= 0.6 is 0 Å². The van der Waals surface area contributed by atoms with Crippen LogP contribution in [0.5, 0.6) is 0 Å². The van der Waals surface area contributed by atoms with Crippen molar-refractivity contribution in [2.75, 3.05) is 0 Å². The highest BCUT2D eigenvalue weighted by molar-refractivity contribution is 5.96. The van der Waals surface area contributed by atoms with Gasteiger partial charge in [-0.15, -0.1) is 0 Å². The molecule has 1 saturated carbocycles. The summed E-state index contributed by atoms with van der Waals surface area (Å²) in [6.45, 7) is 0. The van der Waals surface area contributed by atoms with Gasteiger partial charge in [-0.25, -0.2) is 9.18 Å². The fourth-order valence-corrected chi connectivity index (χ4v) is 4.21. The predicted molar refractivity (Wildman–Crippen MR) is 111 cm³/mol. The Morgan fingerprint density at radius 1 is 1.07 bits per heavy atom. The van der Waals surface area contributed by atoms with E-state index in [4.69, 9.17) is 9.72 Å². The number of aromatic nitrogens is 1. The normalized spacial score (nSPS) is 18.8. The number of cyclic esters (lactones) is 1. The average molecular weight is 387 g/mol. The van der Waals surface area contributed by atoms with E-state index in [-0.39, 0.29) is 17.9 Å². The largest absolute Gasteiger partial charge is 0.459 e. The molecule has 146 valence electrons. The van der Waals surface area contributed by atoms with E-state index in [2.05, 4.69) is 6.07 Å². The molecule has 4 heteroatoms. The van der Waals surface area contributed by atoms with Crippen molar-refractivity contribution in [3.05, 3.63) is 77.8 Å². The Labute approximate surface area is 169 Å². The minimum absolute atomic E-state index is 0.105. The molecule has 5 rings (SSSR count). The molecular formula is C25H22FNO2. The molecule has 0 spiro atoms. The highest BCUT2D eigenvalue weighted by Gasteiger charge is 2.30. The van der Waals surface area contributed by atoms with Gasteiger partial charge >= 0.3 is 5.97 Å². The van der Waals surface area contributed by atoms with Gasteiger partial charge in [0.15, 0.2) is 0 Å². The van der Waals surface area contributed by atoms with Crippen LogP contribution in [0.3, 0.4) is 0 Å². The Kier molecular flexibility index (Phi) is 4.62. The van der Waals surface area contributed by atoms with E-state index in [1.807, 2.05) is 36.4 Å². The molecule has 2 heterocycles. The summed E-state index contributed by atoms with van der Waals surface area (Å²) in [4.78, 5) is 16.6. The Bertz CT molecular complexity index is 1100. The van der Waals surface area contributed by atoms with Gasteiger partial charge in [0.25, 0.3) is 0 Å². The first-order valence-corrected chi connectivity index (χ1v) is 10.2. The third-order valence-corrected chi connectivity index (χ3v) is 5.77. The Balaban J connectivity index is 1.62. The Hall–Kier alpha value is -3.01. The topological polar surface area (TPSA) is 39.2 Å². The molecule has 1 aliphatic carbocycles. The molecule has 2 aliphatic rings. The molecule has 1 fully saturated rings. The van der Waals surface area contributed by atoms with Gasteiger partial charge in [-0.1, -0.05) is 36.4 Å². The molecular weight excluding hydrogens is 365 g/mol. The molecule has 1 aliphatic heterocycles. The molecule has 2 aromatic carbocycles. The molecule has 0 radical (unpaired) electrons. The van der Waals surface area contributed by atoms with Crippen molar-refractivity contribution in [3.63, 3.8) is 0 Å². The number of para-hydroxylation sites is 1. The lowest BCUT2D eigenvalue weighted by molar-refractivity contribution is -0.144. The van der Waals surface area contributed by atoms with E-state index >= 15 is 0 Å². The first-order valence-electron chi connectivity index (χ1n) is 10.2. The first kappa shape index (κ1) is 18.0. The molecule has 1 atom stereocenters. The lowest BCUT2D eigenvalue weighted by Gasteiger charge is -2.22. The lowest BCUT2D eigenvalue weighted by atomic mass is 9.89. The maximum Gasteiger partial charge on any atom is 0.330 e. The van der Waals surface area contributed by atoms with Crippen LogP contribution in [0, 0.1) is 5.82 Å². The minimum Gasteiger partial charge on any atom is -0.459 e. The van der Waals surface area contributed by atoms with Gasteiger partial charge in [0.05, 0.1) is 5.52 Å². The third-order valence-electron chi connectivity index (χ3n) is 5.77. The summed E-state index contributed by atoms with van der Waals surface area (Å²) in [7, 11) is 0. The van der Waals surface area contributed by atoms with Crippen LogP contribution in [0.15, 0.2) is 60.7 Å². The number of halogens is 1. The van der Waals surface area contributed by atoms with Crippen molar-refractivity contribution < 1.29 is 13.9 Å². The van der Waals surface area contributed by atoms with Crippen LogP contribution in [0.1, 0.15) is 42.9 Å². The fraction of sp³-hybridized carbons (Fsp3) is 0.280. The summed E-state index contributed by atoms with van der Waals surface area (Å²) in [6.07, 6.45) is 7.87. The maximum atomic E-state index is 13.6. The second-order valence-electron chi connectivity index (χ2n) is 7.88. The number of rotatable bonds is 5. The second-order valence-corrected chi connectivity index (χ2v) is 7.88. The van der Waals surface area contributed by atoms with Gasteiger partial charge in [0, 0.05) is 29.5 Å². The Morgan fingerprint density at radius 2 is 1.86 bits per heavy atom. The number of ether oxygens (including phenoxy) is 1. The number of hydrogen-bond acceptors (Lipinski definition) is 3. The van der Waals surface area contributed by atoms with Gasteiger partial charge in [0.1, 0.15) is 11.9 Å². The quantitative estimate of drug-likeness (QED) is 0.526. The second kappa shape index (κ2) is 7.43. The fourth-order valence-electron chi connectivity index (χ4n) is 4.21. The van der Waals surface area contributed by atoms with Crippen LogP contribution < -0.4 is 0 Å². The first-order chi connectivity index (χ1) is 14.2. The number of carbonyl (C=O) groups is 1. The van der Waals surface area contributed by atoms with Gasteiger partial charge in [0.2, 0.25) is 0 Å². The van der Waals surface area contributed by atoms with E-state index < -0.39 is 0 Å². The molecule has 0 N–H and O–H groups in total. The predicted octanol–water partition coefficient (Wildman–Crippen LogP) is 5.72. The molecule has 3 aromatic rings. The SMILES string of the molecule is O=C1C=CC[C@@H](CCc2c(C3CC3)nc3ccccc3c2-c2ccc(F)cc2)O1. The molecule has 0 saturated heterocycles. The van der Waals surface area contributed by atoms with Crippen LogP contribution in [0.25, 0.3) is 22.0 Å². The van der Waals surface area contributed by atoms with E-state index in [1.54, 1.807) is 0 Å². The average Bonchev–Trinajstić information content (AvgIpc) is 3.57. The Morgan fingerprint density at radius 3 is 2.62 bits per heavy atom. The molecule has 29 heavy (non-hydrogen) atoms. The van der Waals surface area contributed by atoms with Crippen LogP contribution in [-0.2, 0) is 16.0 Å². The van der Waals surface area contributed by atoms with Crippen LogP contribution in [0.4, 0.5) is 4.39 Å². The van der Waals surface area contributed by atoms with Gasteiger partial charge in [-0.2, -0.15) is 0 Å². The van der Waals surface area contributed by atoms with Crippen molar-refractivity contribution in [2.24, 2.45) is 0 Å². The smallest absolute Gasteiger partial charge is 0.330 e. The summed E-state index contributed by atoms with van der Waals surface area (Å²) >= 11 is 0. The number of hydrogen-bond donors (Lipinski definition) is 0. The van der Waals surface area contributed by atoms with Crippen molar-refractivity contribution in [3.8, 4) is 11.1 Å². The molecule has 3 nitrogen and oxygen atoms in total. The summed E-state index contributed by atoms with van der Waals surface area (Å²) in [5.41, 5.74) is 5.48. The standard InChI is InChI=1S/C25H22FNO2/c26-18-12-10-16(11-13-18)24-20-5-1-2-6-22(20)27-25(17-8-9-17)21(24)15-14-19-4-3-7-23(28)29-19/h1-3,5-7,10-13,17,19H,4,8-9,14-15H2/t19-/m0/s1. The van der Waals surface area contributed by atoms with Crippen molar-refractivity contribution >= 4 is 16.9 Å². The maximum absolute atomic E-state index is 13.6. The van der Waals surface area contributed by atoms with Crippen molar-refractivity contribution in [1.29, 1.82) is 0 Å². The number of pyridine rings is 1. The summed E-state index contributed by atoms with van der Waals surface area (Å²) < 4.78 is 19.1. The number of nitrogens with zero attached hydrogens (tertiary/aromatic N) is 1. The number of carbonyl (C=O) groups excluding carboxylic acids is 1. The number of esters is 1. The van der Waals surface area contributed by atoms with Gasteiger partial charge < -0.3 is 4.74 Å². The highest BCUT2D eigenvalue weighted by atomic mass is 19.1. The summed E-state index contributed by atoms with van der Waals surface area (Å²) in [5.74, 6) is -0.0151. The van der Waals surface area contributed by atoms with Crippen molar-refractivity contribution in [2.45, 2.75) is 44.1 Å². The third kappa shape index (κ3) is 3.67. The zero-order valence-electron chi connectivity index (χ0n) is 16.1. The monoisotopic (exact) mass is 387 g/mol. The van der Waals surface area contributed by atoms with E-state index in [1.165, 1.54) is 23.8 Å². The number of fused-ring (bicyclic) bond motifs is 1. The molecule has 1 aromatic heterocycles.